The second-order valence-electron chi connectivity index (χ2n) is 10.6. The molecule has 2 atom stereocenters. The number of aryl methyl sites for hydroxylation is 1. The Morgan fingerprint density at radius 1 is 0.722 bits per heavy atom. The molecule has 0 spiro atoms. The number of benzene rings is 1. The zero-order chi connectivity index (χ0) is 25.8. The van der Waals surface area contributed by atoms with Gasteiger partial charge in [-0.3, -0.25) is 0 Å². The van der Waals surface area contributed by atoms with Crippen LogP contribution in [0.2, 0.25) is 0 Å². The van der Waals surface area contributed by atoms with E-state index in [-0.39, 0.29) is 6.61 Å². The molecule has 36 heavy (non-hydrogen) atoms. The molecule has 0 aliphatic rings. The minimum atomic E-state index is -0.917. The van der Waals surface area contributed by atoms with E-state index in [1.165, 1.54) is 89.0 Å². The average molecular weight is 499 g/mol. The van der Waals surface area contributed by atoms with Crippen molar-refractivity contribution in [1.82, 2.24) is 9.97 Å². The normalized spacial score (nSPS) is 13.0. The van der Waals surface area contributed by atoms with Gasteiger partial charge in [-0.25, -0.2) is 14.4 Å². The van der Waals surface area contributed by atoms with E-state index in [2.05, 4.69) is 30.7 Å². The van der Waals surface area contributed by atoms with Gasteiger partial charge in [0.15, 0.2) is 5.82 Å². The molecule has 2 unspecified atom stereocenters. The molecule has 0 aliphatic heterocycles. The van der Waals surface area contributed by atoms with Crippen LogP contribution in [-0.2, 0) is 6.42 Å². The molecule has 0 amide bonds. The number of ether oxygens (including phenoxy) is 1. The van der Waals surface area contributed by atoms with Crippen molar-refractivity contribution in [3.8, 4) is 17.1 Å². The highest BCUT2D eigenvalue weighted by molar-refractivity contribution is 5.55. The predicted molar refractivity (Wildman–Crippen MR) is 151 cm³/mol. The van der Waals surface area contributed by atoms with Crippen molar-refractivity contribution >= 4 is 0 Å². The number of unbranched alkanes of at least 4 members (excludes halogenated alkanes) is 10. The maximum absolute atomic E-state index is 14.3. The standard InChI is InChI=1S/C32H51FN2O/c1-4-6-8-9-10-11-12-13-15-17-28-24-34-32(35-25-28)29-19-22-31(23-20-29)36-26-30(33)21-18-27(3)16-14-7-5-2/h19-20,22-25,27,30H,4-18,21,26H2,1-3H3. The third-order valence-corrected chi connectivity index (χ3v) is 7.09. The second-order valence-corrected chi connectivity index (χ2v) is 10.6. The summed E-state index contributed by atoms with van der Waals surface area (Å²) >= 11 is 0. The highest BCUT2D eigenvalue weighted by atomic mass is 19.1. The quantitative estimate of drug-likeness (QED) is 0.161. The Labute approximate surface area is 220 Å². The fourth-order valence-electron chi connectivity index (χ4n) is 4.60. The van der Waals surface area contributed by atoms with E-state index in [0.717, 1.165) is 24.2 Å². The second kappa shape index (κ2) is 19.2. The lowest BCUT2D eigenvalue weighted by molar-refractivity contribution is 0.178. The van der Waals surface area contributed by atoms with Gasteiger partial charge in [0.25, 0.3) is 0 Å². The highest BCUT2D eigenvalue weighted by Crippen LogP contribution is 2.21. The van der Waals surface area contributed by atoms with Crippen LogP contribution in [0.25, 0.3) is 11.4 Å². The maximum Gasteiger partial charge on any atom is 0.159 e. The van der Waals surface area contributed by atoms with E-state index in [0.29, 0.717) is 18.1 Å². The fourth-order valence-corrected chi connectivity index (χ4v) is 4.60. The Kier molecular flexibility index (Phi) is 16.1. The summed E-state index contributed by atoms with van der Waals surface area (Å²) in [5, 5.41) is 0. The monoisotopic (exact) mass is 498 g/mol. The Morgan fingerprint density at radius 3 is 1.94 bits per heavy atom. The lowest BCUT2D eigenvalue weighted by Crippen LogP contribution is -2.14. The summed E-state index contributed by atoms with van der Waals surface area (Å²) in [4.78, 5) is 9.13. The summed E-state index contributed by atoms with van der Waals surface area (Å²) in [5.74, 6) is 2.00. The molecule has 0 aliphatic carbocycles. The van der Waals surface area contributed by atoms with Crippen LogP contribution < -0.4 is 4.74 Å². The molecular formula is C32H51FN2O. The molecule has 3 nitrogen and oxygen atoms in total. The molecule has 0 radical (unpaired) electrons. The van der Waals surface area contributed by atoms with Crippen molar-refractivity contribution in [3.05, 3.63) is 42.2 Å². The van der Waals surface area contributed by atoms with Crippen LogP contribution in [0.15, 0.2) is 36.7 Å². The number of aromatic nitrogens is 2. The summed E-state index contributed by atoms with van der Waals surface area (Å²) in [5.41, 5.74) is 2.16. The number of alkyl halides is 1. The van der Waals surface area contributed by atoms with Gasteiger partial charge in [0.05, 0.1) is 0 Å². The van der Waals surface area contributed by atoms with Crippen molar-refractivity contribution < 1.29 is 9.13 Å². The minimum Gasteiger partial charge on any atom is -0.491 e. The van der Waals surface area contributed by atoms with Gasteiger partial charge in [0, 0.05) is 18.0 Å². The van der Waals surface area contributed by atoms with Gasteiger partial charge in [-0.2, -0.15) is 0 Å². The molecule has 0 bridgehead atoms. The van der Waals surface area contributed by atoms with Gasteiger partial charge in [-0.05, 0) is 61.4 Å². The first-order valence-corrected chi connectivity index (χ1v) is 14.8. The molecule has 4 heteroatoms. The van der Waals surface area contributed by atoms with Gasteiger partial charge in [0.2, 0.25) is 0 Å². The summed E-state index contributed by atoms with van der Waals surface area (Å²) in [7, 11) is 0. The van der Waals surface area contributed by atoms with E-state index in [1.54, 1.807) is 0 Å². The molecule has 1 aromatic carbocycles. The summed E-state index contributed by atoms with van der Waals surface area (Å²) in [6, 6.07) is 7.67. The predicted octanol–water partition coefficient (Wildman–Crippen LogP) is 9.93. The number of halogens is 1. The van der Waals surface area contributed by atoms with Gasteiger partial charge < -0.3 is 4.74 Å². The zero-order valence-electron chi connectivity index (χ0n) is 23.3. The summed E-state index contributed by atoms with van der Waals surface area (Å²) in [6.45, 7) is 6.83. The van der Waals surface area contributed by atoms with E-state index in [9.17, 15) is 4.39 Å². The topological polar surface area (TPSA) is 35.0 Å². The van der Waals surface area contributed by atoms with E-state index >= 15 is 0 Å². The SMILES string of the molecule is CCCCCCCCCCCc1cnc(-c2ccc(OCC(F)CCC(C)CCCCC)cc2)nc1. The highest BCUT2D eigenvalue weighted by Gasteiger charge is 2.11. The molecular weight excluding hydrogens is 447 g/mol. The van der Waals surface area contributed by atoms with Crippen molar-refractivity contribution in [1.29, 1.82) is 0 Å². The molecule has 202 valence electrons. The first kappa shape index (κ1) is 30.3. The Balaban J connectivity index is 1.63. The number of hydrogen-bond acceptors (Lipinski definition) is 3. The average Bonchev–Trinajstić information content (AvgIpc) is 2.90. The smallest absolute Gasteiger partial charge is 0.159 e. The molecule has 0 saturated heterocycles. The van der Waals surface area contributed by atoms with Gasteiger partial charge in [0.1, 0.15) is 18.5 Å². The molecule has 1 heterocycles. The van der Waals surface area contributed by atoms with Crippen LogP contribution in [0, 0.1) is 5.92 Å². The van der Waals surface area contributed by atoms with Gasteiger partial charge in [-0.1, -0.05) is 97.8 Å². The fraction of sp³-hybridized carbons (Fsp3) is 0.688. The van der Waals surface area contributed by atoms with E-state index in [4.69, 9.17) is 4.74 Å². The third kappa shape index (κ3) is 13.4. The van der Waals surface area contributed by atoms with Crippen LogP contribution in [0.5, 0.6) is 5.75 Å². The molecule has 0 fully saturated rings. The summed E-state index contributed by atoms with van der Waals surface area (Å²) in [6.07, 6.45) is 22.6. The van der Waals surface area contributed by atoms with Crippen LogP contribution in [0.1, 0.15) is 123 Å². The van der Waals surface area contributed by atoms with Crippen molar-refractivity contribution in [2.45, 2.75) is 130 Å². The van der Waals surface area contributed by atoms with Crippen molar-refractivity contribution in [2.24, 2.45) is 5.92 Å². The van der Waals surface area contributed by atoms with Crippen LogP contribution in [0.4, 0.5) is 4.39 Å². The number of nitrogens with zero attached hydrogens (tertiary/aromatic N) is 2. The van der Waals surface area contributed by atoms with Gasteiger partial charge >= 0.3 is 0 Å². The Bertz CT molecular complexity index is 778. The van der Waals surface area contributed by atoms with E-state index in [1.807, 2.05) is 36.7 Å². The minimum absolute atomic E-state index is 0.116. The lowest BCUT2D eigenvalue weighted by Gasteiger charge is -2.14. The maximum atomic E-state index is 14.3. The van der Waals surface area contributed by atoms with Gasteiger partial charge in [-0.15, -0.1) is 0 Å². The molecule has 2 rings (SSSR count). The first-order chi connectivity index (χ1) is 17.6. The number of hydrogen-bond donors (Lipinski definition) is 0. The van der Waals surface area contributed by atoms with Crippen LogP contribution in [-0.4, -0.2) is 22.7 Å². The first-order valence-electron chi connectivity index (χ1n) is 14.8. The summed E-state index contributed by atoms with van der Waals surface area (Å²) < 4.78 is 20.0. The zero-order valence-corrected chi connectivity index (χ0v) is 23.3. The largest absolute Gasteiger partial charge is 0.491 e. The van der Waals surface area contributed by atoms with Crippen molar-refractivity contribution in [3.63, 3.8) is 0 Å². The number of rotatable bonds is 21. The van der Waals surface area contributed by atoms with Crippen molar-refractivity contribution in [2.75, 3.05) is 6.61 Å². The molecule has 0 N–H and O–H groups in total. The Morgan fingerprint density at radius 2 is 1.31 bits per heavy atom. The lowest BCUT2D eigenvalue weighted by atomic mass is 9.97. The Hall–Kier alpha value is -1.97. The molecule has 2 aromatic rings. The van der Waals surface area contributed by atoms with Crippen LogP contribution >= 0.6 is 0 Å². The molecule has 0 saturated carbocycles. The van der Waals surface area contributed by atoms with Crippen LogP contribution in [0.3, 0.4) is 0 Å². The van der Waals surface area contributed by atoms with E-state index < -0.39 is 6.17 Å². The molecule has 1 aromatic heterocycles. The third-order valence-electron chi connectivity index (χ3n) is 7.09.